The second-order valence-electron chi connectivity index (χ2n) is 8.55. The van der Waals surface area contributed by atoms with E-state index in [1.165, 1.54) is 0 Å². The molecule has 0 unspecified atom stereocenters. The third-order valence-electron chi connectivity index (χ3n) is 6.64. The van der Waals surface area contributed by atoms with Crippen molar-refractivity contribution in [2.24, 2.45) is 17.8 Å². The molecule has 2 fully saturated rings. The lowest BCUT2D eigenvalue weighted by molar-refractivity contribution is -0.136. The average Bonchev–Trinajstić information content (AvgIpc) is 3.28. The van der Waals surface area contributed by atoms with Gasteiger partial charge >= 0.3 is 0 Å². The van der Waals surface area contributed by atoms with E-state index in [1.54, 1.807) is 0 Å². The molecule has 0 radical (unpaired) electrons. The number of aromatic amines is 1. The van der Waals surface area contributed by atoms with Gasteiger partial charge in [0.2, 0.25) is 5.91 Å². The van der Waals surface area contributed by atoms with Gasteiger partial charge in [0.25, 0.3) is 5.91 Å². The number of likely N-dealkylation sites (tertiary alicyclic amines) is 1. The van der Waals surface area contributed by atoms with Crippen molar-refractivity contribution in [1.29, 1.82) is 0 Å². The summed E-state index contributed by atoms with van der Waals surface area (Å²) in [5.41, 5.74) is 2.50. The van der Waals surface area contributed by atoms with Crippen LogP contribution in [0.5, 0.6) is 0 Å². The highest BCUT2D eigenvalue weighted by Gasteiger charge is 2.48. The number of nitrogens with one attached hydrogen (secondary N) is 2. The number of para-hydroxylation sites is 2. The number of imidazole rings is 1. The predicted octanol–water partition coefficient (Wildman–Crippen LogP) is 3.19. The van der Waals surface area contributed by atoms with Crippen molar-refractivity contribution in [1.82, 2.24) is 20.2 Å². The summed E-state index contributed by atoms with van der Waals surface area (Å²) in [6, 6.07) is 9.63. The molecule has 1 aliphatic carbocycles. The molecule has 5 rings (SSSR count). The van der Waals surface area contributed by atoms with Crippen molar-refractivity contribution in [3.05, 3.63) is 53.2 Å². The van der Waals surface area contributed by atoms with Gasteiger partial charge in [0.05, 0.1) is 23.1 Å². The summed E-state index contributed by atoms with van der Waals surface area (Å²) < 4.78 is 5.52. The summed E-state index contributed by atoms with van der Waals surface area (Å²) in [5, 5.41) is 3.03. The number of benzene rings is 1. The molecule has 1 aromatic carbocycles. The number of rotatable bonds is 4. The minimum atomic E-state index is -0.0397. The van der Waals surface area contributed by atoms with Gasteiger partial charge in [0.1, 0.15) is 17.3 Å². The Morgan fingerprint density at radius 2 is 2.13 bits per heavy atom. The Bertz CT molecular complexity index is 1080. The third-order valence-corrected chi connectivity index (χ3v) is 6.64. The molecule has 7 nitrogen and oxygen atoms in total. The van der Waals surface area contributed by atoms with E-state index >= 15 is 0 Å². The zero-order chi connectivity index (χ0) is 20.8. The molecule has 3 aromatic rings. The number of H-pyrrole nitrogens is 1. The van der Waals surface area contributed by atoms with E-state index in [2.05, 4.69) is 15.3 Å². The van der Waals surface area contributed by atoms with Crippen molar-refractivity contribution in [3.8, 4) is 0 Å². The minimum absolute atomic E-state index is 0.0103. The van der Waals surface area contributed by atoms with Gasteiger partial charge in [0, 0.05) is 19.0 Å². The number of piperidine rings is 1. The molecular formula is C23H26N4O3. The molecule has 2 aromatic heterocycles. The van der Waals surface area contributed by atoms with Crippen LogP contribution in [0.15, 0.2) is 34.7 Å². The molecule has 0 bridgehead atoms. The van der Waals surface area contributed by atoms with Crippen LogP contribution in [-0.2, 0) is 11.3 Å². The molecule has 2 aliphatic rings. The first-order valence-corrected chi connectivity index (χ1v) is 10.6. The number of aryl methyl sites for hydroxylation is 2. The molecule has 1 saturated carbocycles. The standard InChI is InChI=1S/C23H26N4O3/c1-13-9-16(14(2)30-13)23(29)27-8-7-15-10-17(18(15)12-27)22(28)24-11-21-25-19-5-3-4-6-20(19)26-21/h3-6,9,15,17-18H,7-8,10-12H2,1-2H3,(H,24,28)(H,25,26)/t15-,17-,18-/m1/s1. The molecule has 1 saturated heterocycles. The molecule has 156 valence electrons. The van der Waals surface area contributed by atoms with Crippen LogP contribution in [0.1, 0.15) is 40.5 Å². The van der Waals surface area contributed by atoms with E-state index < -0.39 is 0 Å². The summed E-state index contributed by atoms with van der Waals surface area (Å²) in [4.78, 5) is 35.4. The molecule has 30 heavy (non-hydrogen) atoms. The van der Waals surface area contributed by atoms with Gasteiger partial charge < -0.3 is 19.6 Å². The number of amides is 2. The van der Waals surface area contributed by atoms with Gasteiger partial charge in [-0.25, -0.2) is 4.98 Å². The zero-order valence-electron chi connectivity index (χ0n) is 17.3. The lowest BCUT2D eigenvalue weighted by Gasteiger charge is -2.50. The van der Waals surface area contributed by atoms with Crippen molar-refractivity contribution < 1.29 is 14.0 Å². The normalized spacial score (nSPS) is 23.1. The number of hydrogen-bond donors (Lipinski definition) is 2. The van der Waals surface area contributed by atoms with Crippen molar-refractivity contribution in [2.45, 2.75) is 33.2 Å². The second-order valence-corrected chi connectivity index (χ2v) is 8.55. The minimum Gasteiger partial charge on any atom is -0.466 e. The fourth-order valence-corrected chi connectivity index (χ4v) is 4.97. The number of fused-ring (bicyclic) bond motifs is 2. The Hall–Kier alpha value is -3.09. The molecule has 3 atom stereocenters. The number of hydrogen-bond acceptors (Lipinski definition) is 4. The van der Waals surface area contributed by atoms with Gasteiger partial charge in [-0.3, -0.25) is 9.59 Å². The number of carbonyl (C=O) groups is 2. The lowest BCUT2D eigenvalue weighted by atomic mass is 9.61. The lowest BCUT2D eigenvalue weighted by Crippen LogP contribution is -2.56. The van der Waals surface area contributed by atoms with Gasteiger partial charge in [-0.05, 0) is 56.7 Å². The van der Waals surface area contributed by atoms with E-state index in [0.29, 0.717) is 30.3 Å². The summed E-state index contributed by atoms with van der Waals surface area (Å²) in [7, 11) is 0. The van der Waals surface area contributed by atoms with Crippen LogP contribution in [0.2, 0.25) is 0 Å². The highest BCUT2D eigenvalue weighted by molar-refractivity contribution is 5.95. The molecule has 2 amide bonds. The van der Waals surface area contributed by atoms with Crippen molar-refractivity contribution >= 4 is 22.8 Å². The average molecular weight is 406 g/mol. The first-order valence-electron chi connectivity index (χ1n) is 10.6. The fraction of sp³-hybridized carbons (Fsp3) is 0.435. The largest absolute Gasteiger partial charge is 0.466 e. The summed E-state index contributed by atoms with van der Waals surface area (Å²) >= 11 is 0. The maximum Gasteiger partial charge on any atom is 0.257 e. The van der Waals surface area contributed by atoms with Crippen LogP contribution in [0.3, 0.4) is 0 Å². The molecule has 7 heteroatoms. The first kappa shape index (κ1) is 18.9. The van der Waals surface area contributed by atoms with Gasteiger partial charge in [-0.2, -0.15) is 0 Å². The van der Waals surface area contributed by atoms with E-state index in [4.69, 9.17) is 4.42 Å². The Balaban J connectivity index is 1.21. The summed E-state index contributed by atoms with van der Waals surface area (Å²) in [6.45, 7) is 5.44. The highest BCUT2D eigenvalue weighted by atomic mass is 16.3. The molecule has 3 heterocycles. The number of carbonyl (C=O) groups excluding carboxylic acids is 2. The Morgan fingerprint density at radius 3 is 2.90 bits per heavy atom. The van der Waals surface area contributed by atoms with Gasteiger partial charge in [-0.15, -0.1) is 0 Å². The van der Waals surface area contributed by atoms with E-state index in [1.807, 2.05) is 49.1 Å². The van der Waals surface area contributed by atoms with Crippen LogP contribution in [0.4, 0.5) is 0 Å². The quantitative estimate of drug-likeness (QED) is 0.696. The molecule has 0 spiro atoms. The maximum atomic E-state index is 12.9. The summed E-state index contributed by atoms with van der Waals surface area (Å²) in [5.74, 6) is 2.95. The molecular weight excluding hydrogens is 380 g/mol. The molecule has 1 aliphatic heterocycles. The second kappa shape index (κ2) is 7.31. The molecule has 2 N–H and O–H groups in total. The van der Waals surface area contributed by atoms with Crippen LogP contribution < -0.4 is 5.32 Å². The summed E-state index contributed by atoms with van der Waals surface area (Å²) in [6.07, 6.45) is 1.86. The van der Waals surface area contributed by atoms with Crippen molar-refractivity contribution in [2.75, 3.05) is 13.1 Å². The number of nitrogens with zero attached hydrogens (tertiary/aromatic N) is 2. The van der Waals surface area contributed by atoms with Crippen LogP contribution >= 0.6 is 0 Å². The predicted molar refractivity (Wildman–Crippen MR) is 112 cm³/mol. The zero-order valence-corrected chi connectivity index (χ0v) is 17.3. The van der Waals surface area contributed by atoms with Gasteiger partial charge in [-0.1, -0.05) is 12.1 Å². The monoisotopic (exact) mass is 406 g/mol. The van der Waals surface area contributed by atoms with E-state index in [9.17, 15) is 9.59 Å². The fourth-order valence-electron chi connectivity index (χ4n) is 4.97. The maximum absolute atomic E-state index is 12.9. The smallest absolute Gasteiger partial charge is 0.257 e. The van der Waals surface area contributed by atoms with Gasteiger partial charge in [0.15, 0.2) is 0 Å². The van der Waals surface area contributed by atoms with Crippen LogP contribution in [-0.4, -0.2) is 39.8 Å². The Labute approximate surface area is 174 Å². The number of furan rings is 1. The Morgan fingerprint density at radius 1 is 1.30 bits per heavy atom. The topological polar surface area (TPSA) is 91.2 Å². The van der Waals surface area contributed by atoms with E-state index in [-0.39, 0.29) is 23.7 Å². The van der Waals surface area contributed by atoms with Crippen LogP contribution in [0, 0.1) is 31.6 Å². The van der Waals surface area contributed by atoms with Crippen LogP contribution in [0.25, 0.3) is 11.0 Å². The van der Waals surface area contributed by atoms with E-state index in [0.717, 1.165) is 42.0 Å². The highest BCUT2D eigenvalue weighted by Crippen LogP contribution is 2.46. The van der Waals surface area contributed by atoms with Crippen molar-refractivity contribution in [3.63, 3.8) is 0 Å². The Kier molecular flexibility index (Phi) is 4.60. The third kappa shape index (κ3) is 3.28. The SMILES string of the molecule is Cc1cc(C(=O)N2CC[C@@H]3C[C@@H](C(=O)NCc4nc5ccccc5[nH]4)[C@@H]3C2)c(C)o1. The number of aromatic nitrogens is 2. The first-order chi connectivity index (χ1) is 14.5.